The first kappa shape index (κ1) is 17.7. The lowest BCUT2D eigenvalue weighted by Gasteiger charge is -2.34. The van der Waals surface area contributed by atoms with Crippen molar-refractivity contribution >= 4 is 33.6 Å². The predicted molar refractivity (Wildman–Crippen MR) is 111 cm³/mol. The van der Waals surface area contributed by atoms with Crippen LogP contribution in [0.25, 0.3) is 33.5 Å². The molecule has 0 fully saturated rings. The van der Waals surface area contributed by atoms with Crippen molar-refractivity contribution in [3.8, 4) is 11.5 Å². The number of carboxylic acids is 1. The van der Waals surface area contributed by atoms with Crippen LogP contribution in [0.2, 0.25) is 0 Å². The number of carbonyl (C=O) groups is 1. The van der Waals surface area contributed by atoms with Gasteiger partial charge in [0, 0.05) is 18.5 Å². The lowest BCUT2D eigenvalue weighted by molar-refractivity contribution is 0.0696. The summed E-state index contributed by atoms with van der Waals surface area (Å²) in [5, 5.41) is 13.9. The van der Waals surface area contributed by atoms with Crippen LogP contribution < -0.4 is 5.32 Å². The summed E-state index contributed by atoms with van der Waals surface area (Å²) in [4.78, 5) is 16.0. The maximum atomic E-state index is 14.7. The second-order valence-corrected chi connectivity index (χ2v) is 7.68. The highest BCUT2D eigenvalue weighted by molar-refractivity contribution is 5.98. The zero-order valence-electron chi connectivity index (χ0n) is 16.4. The molecule has 1 aliphatic heterocycles. The normalized spacial score (nSPS) is 18.3. The molecule has 5 rings (SSSR count). The molecule has 2 aromatic heterocycles. The van der Waals surface area contributed by atoms with Gasteiger partial charge in [-0.15, -0.1) is 0 Å². The Morgan fingerprint density at radius 1 is 1.28 bits per heavy atom. The first-order valence-electron chi connectivity index (χ1n) is 9.70. The van der Waals surface area contributed by atoms with E-state index in [2.05, 4.69) is 46.9 Å². The molecule has 0 amide bonds. The molecule has 0 saturated heterocycles. The number of aromatic carboxylic acids is 1. The Balaban J connectivity index is 1.84. The molecule has 1 aliphatic rings. The van der Waals surface area contributed by atoms with E-state index in [-0.39, 0.29) is 17.6 Å². The summed E-state index contributed by atoms with van der Waals surface area (Å²) in [6.45, 7) is 4.31. The van der Waals surface area contributed by atoms with Crippen molar-refractivity contribution < 1.29 is 14.3 Å². The first-order chi connectivity index (χ1) is 13.9. The summed E-state index contributed by atoms with van der Waals surface area (Å²) in [6.07, 6.45) is 0.931. The topological polar surface area (TPSA) is 72.1 Å². The number of hydrogen-bond donors (Lipinski definition) is 2. The third-order valence-corrected chi connectivity index (χ3v) is 5.97. The van der Waals surface area contributed by atoms with Gasteiger partial charge in [-0.3, -0.25) is 0 Å². The standard InChI is InChI=1S/C22H21FN4O2/c1-4-17-11(2)24-15-7-5-6-12-10-18(27(17)19(12)15)21-25-16-9-13(22(28)29)8-14(23)20(16)26(21)3/h5-11,17,24H,4H2,1-3H3,(H,28,29). The van der Waals surface area contributed by atoms with Gasteiger partial charge >= 0.3 is 5.97 Å². The summed E-state index contributed by atoms with van der Waals surface area (Å²) < 4.78 is 18.7. The predicted octanol–water partition coefficient (Wildman–Crippen LogP) is 4.80. The third-order valence-electron chi connectivity index (χ3n) is 5.97. The van der Waals surface area contributed by atoms with Gasteiger partial charge in [0.05, 0.1) is 34.0 Å². The van der Waals surface area contributed by atoms with Crippen molar-refractivity contribution in [1.82, 2.24) is 14.1 Å². The highest BCUT2D eigenvalue weighted by atomic mass is 19.1. The van der Waals surface area contributed by atoms with E-state index in [1.807, 2.05) is 6.07 Å². The zero-order chi connectivity index (χ0) is 20.4. The number of nitrogens with one attached hydrogen (secondary N) is 1. The van der Waals surface area contributed by atoms with Crippen LogP contribution in [0.5, 0.6) is 0 Å². The molecule has 3 heterocycles. The van der Waals surface area contributed by atoms with Gasteiger partial charge in [0.1, 0.15) is 11.3 Å². The molecule has 7 heteroatoms. The van der Waals surface area contributed by atoms with Crippen LogP contribution >= 0.6 is 0 Å². The van der Waals surface area contributed by atoms with Gasteiger partial charge in [-0.05, 0) is 37.6 Å². The van der Waals surface area contributed by atoms with Crippen LogP contribution in [0.15, 0.2) is 36.4 Å². The van der Waals surface area contributed by atoms with Crippen molar-refractivity contribution in [2.24, 2.45) is 7.05 Å². The number of halogens is 1. The number of carboxylic acid groups (broad SMARTS) is 1. The molecule has 4 aromatic rings. The van der Waals surface area contributed by atoms with E-state index in [0.717, 1.165) is 34.8 Å². The molecule has 148 valence electrons. The van der Waals surface area contributed by atoms with Crippen molar-refractivity contribution in [2.75, 3.05) is 5.32 Å². The van der Waals surface area contributed by atoms with E-state index in [4.69, 9.17) is 0 Å². The summed E-state index contributed by atoms with van der Waals surface area (Å²) in [7, 11) is 1.77. The summed E-state index contributed by atoms with van der Waals surface area (Å²) >= 11 is 0. The number of aryl methyl sites for hydroxylation is 1. The number of rotatable bonds is 3. The van der Waals surface area contributed by atoms with Crippen LogP contribution in [-0.4, -0.2) is 31.2 Å². The van der Waals surface area contributed by atoms with Gasteiger partial charge in [-0.1, -0.05) is 19.1 Å². The average molecular weight is 392 g/mol. The number of para-hydroxylation sites is 1. The molecular formula is C22H21FN4O2. The quantitative estimate of drug-likeness (QED) is 0.525. The number of fused-ring (bicyclic) bond motifs is 1. The highest BCUT2D eigenvalue weighted by Gasteiger charge is 2.30. The molecule has 6 nitrogen and oxygen atoms in total. The Bertz CT molecular complexity index is 1300. The fourth-order valence-electron chi connectivity index (χ4n) is 4.67. The SMILES string of the molecule is CCC1C(C)Nc2cccc3cc(-c4nc5cc(C(=O)O)cc(F)c5n4C)n1c23. The maximum absolute atomic E-state index is 14.7. The highest BCUT2D eigenvalue weighted by Crippen LogP contribution is 2.41. The van der Waals surface area contributed by atoms with Crippen molar-refractivity contribution in [2.45, 2.75) is 32.4 Å². The minimum atomic E-state index is -1.17. The molecule has 2 N–H and O–H groups in total. The van der Waals surface area contributed by atoms with E-state index in [1.54, 1.807) is 11.6 Å². The Morgan fingerprint density at radius 3 is 2.79 bits per heavy atom. The molecule has 0 aliphatic carbocycles. The molecule has 2 aromatic carbocycles. The Kier molecular flexibility index (Phi) is 3.71. The van der Waals surface area contributed by atoms with Gasteiger partial charge < -0.3 is 19.6 Å². The lowest BCUT2D eigenvalue weighted by atomic mass is 10.0. The molecule has 29 heavy (non-hydrogen) atoms. The van der Waals surface area contributed by atoms with Crippen LogP contribution in [0.3, 0.4) is 0 Å². The maximum Gasteiger partial charge on any atom is 0.335 e. The van der Waals surface area contributed by atoms with Crippen LogP contribution in [0.4, 0.5) is 10.1 Å². The van der Waals surface area contributed by atoms with Crippen molar-refractivity contribution in [1.29, 1.82) is 0 Å². The largest absolute Gasteiger partial charge is 0.478 e. The van der Waals surface area contributed by atoms with E-state index in [1.165, 1.54) is 6.07 Å². The van der Waals surface area contributed by atoms with E-state index in [0.29, 0.717) is 16.9 Å². The summed E-state index contributed by atoms with van der Waals surface area (Å²) in [5.74, 6) is -1.13. The van der Waals surface area contributed by atoms with E-state index in [9.17, 15) is 14.3 Å². The number of aromatic nitrogens is 3. The summed E-state index contributed by atoms with van der Waals surface area (Å²) in [6, 6.07) is 11.2. The lowest BCUT2D eigenvalue weighted by Crippen LogP contribution is -2.32. The average Bonchev–Trinajstić information content (AvgIpc) is 3.21. The second kappa shape index (κ2) is 6.07. The molecular weight excluding hydrogens is 371 g/mol. The number of imidazole rings is 1. The van der Waals surface area contributed by atoms with Crippen LogP contribution in [-0.2, 0) is 7.05 Å². The Hall–Kier alpha value is -3.35. The minimum absolute atomic E-state index is 0.104. The second-order valence-electron chi connectivity index (χ2n) is 7.68. The Labute approximate surface area is 166 Å². The zero-order valence-corrected chi connectivity index (χ0v) is 16.4. The summed E-state index contributed by atoms with van der Waals surface area (Å²) in [5.41, 5.74) is 3.64. The number of hydrogen-bond acceptors (Lipinski definition) is 3. The van der Waals surface area contributed by atoms with Crippen LogP contribution in [0.1, 0.15) is 36.7 Å². The molecule has 2 atom stereocenters. The number of nitrogens with zero attached hydrogens (tertiary/aromatic N) is 3. The van der Waals surface area contributed by atoms with E-state index < -0.39 is 11.8 Å². The number of anilines is 1. The van der Waals surface area contributed by atoms with E-state index >= 15 is 0 Å². The fraction of sp³-hybridized carbons (Fsp3) is 0.273. The third kappa shape index (κ3) is 2.40. The van der Waals surface area contributed by atoms with Crippen molar-refractivity contribution in [3.05, 3.63) is 47.8 Å². The Morgan fingerprint density at radius 2 is 2.07 bits per heavy atom. The molecule has 0 bridgehead atoms. The molecule has 0 saturated carbocycles. The molecule has 2 unspecified atom stereocenters. The molecule has 0 spiro atoms. The van der Waals surface area contributed by atoms with Gasteiger partial charge in [0.2, 0.25) is 0 Å². The minimum Gasteiger partial charge on any atom is -0.478 e. The molecule has 0 radical (unpaired) electrons. The van der Waals surface area contributed by atoms with Gasteiger partial charge in [0.15, 0.2) is 5.82 Å². The van der Waals surface area contributed by atoms with Gasteiger partial charge in [-0.25, -0.2) is 14.2 Å². The van der Waals surface area contributed by atoms with Crippen LogP contribution in [0, 0.1) is 5.82 Å². The van der Waals surface area contributed by atoms with Crippen molar-refractivity contribution in [3.63, 3.8) is 0 Å². The first-order valence-corrected chi connectivity index (χ1v) is 9.70. The smallest absolute Gasteiger partial charge is 0.335 e. The monoisotopic (exact) mass is 392 g/mol. The van der Waals surface area contributed by atoms with Gasteiger partial charge in [-0.2, -0.15) is 0 Å². The van der Waals surface area contributed by atoms with Gasteiger partial charge in [0.25, 0.3) is 0 Å². The fourth-order valence-corrected chi connectivity index (χ4v) is 4.67. The number of benzene rings is 2.